The molecule has 0 saturated heterocycles. The number of nitrogens with one attached hydrogen (secondary N) is 1. The van der Waals surface area contributed by atoms with Gasteiger partial charge in [-0.2, -0.15) is 26.3 Å². The molecule has 148 valence electrons. The molecule has 5 nitrogen and oxygen atoms in total. The van der Waals surface area contributed by atoms with Crippen LogP contribution in [0.3, 0.4) is 0 Å². The van der Waals surface area contributed by atoms with Gasteiger partial charge in [-0.25, -0.2) is 4.21 Å². The third kappa shape index (κ3) is 6.48. The summed E-state index contributed by atoms with van der Waals surface area (Å²) in [4.78, 5) is 10.6. The molecule has 0 amide bonds. The van der Waals surface area contributed by atoms with Crippen molar-refractivity contribution in [1.29, 1.82) is 4.78 Å². The summed E-state index contributed by atoms with van der Waals surface area (Å²) >= 11 is 0. The lowest BCUT2D eigenvalue weighted by molar-refractivity contribution is -0.143. The highest BCUT2D eigenvalue weighted by Crippen LogP contribution is 2.37. The van der Waals surface area contributed by atoms with Gasteiger partial charge < -0.3 is 10.8 Å². The van der Waals surface area contributed by atoms with Gasteiger partial charge >= 0.3 is 18.3 Å². The first-order chi connectivity index (χ1) is 11.6. The van der Waals surface area contributed by atoms with Crippen LogP contribution in [0, 0.1) is 4.78 Å². The van der Waals surface area contributed by atoms with E-state index >= 15 is 0 Å². The molecule has 1 rings (SSSR count). The number of alkyl halides is 6. The fourth-order valence-corrected chi connectivity index (χ4v) is 3.44. The second-order valence-corrected chi connectivity index (χ2v) is 8.01. The molecule has 0 saturated carbocycles. The van der Waals surface area contributed by atoms with E-state index in [1.54, 1.807) is 0 Å². The van der Waals surface area contributed by atoms with Crippen LogP contribution in [0.2, 0.25) is 0 Å². The number of carbonyl (C=O) groups is 1. The fourth-order valence-electron chi connectivity index (χ4n) is 2.05. The van der Waals surface area contributed by atoms with Crippen molar-refractivity contribution >= 4 is 15.7 Å². The van der Waals surface area contributed by atoms with Crippen molar-refractivity contribution in [2.45, 2.75) is 31.2 Å². The largest absolute Gasteiger partial charge is 0.480 e. The molecule has 1 aromatic carbocycles. The van der Waals surface area contributed by atoms with E-state index in [-0.39, 0.29) is 12.5 Å². The monoisotopic (exact) mass is 406 g/mol. The lowest BCUT2D eigenvalue weighted by atomic mass is 10.0. The molecule has 0 aliphatic heterocycles. The second-order valence-electron chi connectivity index (χ2n) is 5.57. The zero-order valence-electron chi connectivity index (χ0n) is 13.2. The SMILES string of the molecule is N=S(=O)(CCc1ccc(C(F)(F)F)cc1C(F)(F)F)CC[C@H](N)C(=O)O. The van der Waals surface area contributed by atoms with E-state index in [1.165, 1.54) is 0 Å². The zero-order chi connectivity index (χ0) is 20.3. The number of aryl methyl sites for hydroxylation is 1. The molecule has 0 bridgehead atoms. The van der Waals surface area contributed by atoms with E-state index in [2.05, 4.69) is 0 Å². The summed E-state index contributed by atoms with van der Waals surface area (Å²) in [5.74, 6) is -2.38. The summed E-state index contributed by atoms with van der Waals surface area (Å²) < 4.78 is 96.5. The second kappa shape index (κ2) is 7.82. The highest BCUT2D eigenvalue weighted by molar-refractivity contribution is 7.92. The van der Waals surface area contributed by atoms with E-state index in [0.29, 0.717) is 12.1 Å². The summed E-state index contributed by atoms with van der Waals surface area (Å²) in [6.45, 7) is 0. The smallest absolute Gasteiger partial charge is 0.416 e. The van der Waals surface area contributed by atoms with E-state index in [9.17, 15) is 35.3 Å². The highest BCUT2D eigenvalue weighted by Gasteiger charge is 2.38. The molecule has 12 heteroatoms. The predicted octanol–water partition coefficient (Wildman–Crippen LogP) is 3.12. The summed E-state index contributed by atoms with van der Waals surface area (Å²) in [5.41, 5.74) is 1.71. The van der Waals surface area contributed by atoms with Gasteiger partial charge in [-0.1, -0.05) is 6.07 Å². The molecule has 4 N–H and O–H groups in total. The normalized spacial score (nSPS) is 16.1. The Hall–Kier alpha value is -1.82. The Morgan fingerprint density at radius 3 is 2.19 bits per heavy atom. The average molecular weight is 406 g/mol. The number of carboxylic acid groups (broad SMARTS) is 1. The number of nitrogens with two attached hydrogens (primary N) is 1. The molecule has 0 aliphatic carbocycles. The van der Waals surface area contributed by atoms with Gasteiger partial charge in [0.25, 0.3) is 0 Å². The van der Waals surface area contributed by atoms with Gasteiger partial charge in [0.1, 0.15) is 6.04 Å². The maximum atomic E-state index is 13.0. The van der Waals surface area contributed by atoms with E-state index < -0.39 is 68.7 Å². The van der Waals surface area contributed by atoms with Crippen LogP contribution in [0.5, 0.6) is 0 Å². The van der Waals surface area contributed by atoms with Crippen LogP contribution < -0.4 is 5.73 Å². The number of halogens is 6. The number of benzene rings is 1. The van der Waals surface area contributed by atoms with Gasteiger partial charge in [-0.15, -0.1) is 0 Å². The Labute approximate surface area is 145 Å². The Morgan fingerprint density at radius 2 is 1.73 bits per heavy atom. The molecule has 0 spiro atoms. The summed E-state index contributed by atoms with van der Waals surface area (Å²) in [5, 5.41) is 8.61. The molecule has 0 heterocycles. The number of hydrogen-bond acceptors (Lipinski definition) is 4. The maximum Gasteiger partial charge on any atom is 0.416 e. The van der Waals surface area contributed by atoms with E-state index in [1.807, 2.05) is 0 Å². The molecule has 1 aromatic rings. The van der Waals surface area contributed by atoms with Crippen molar-refractivity contribution in [3.8, 4) is 0 Å². The van der Waals surface area contributed by atoms with Gasteiger partial charge in [0, 0.05) is 21.2 Å². The number of carboxylic acids is 1. The standard InChI is InChI=1S/C14H16F6N2O3S/c15-13(16,17)9-2-1-8(10(7-9)14(18,19)20)3-5-26(22,25)6-4-11(21)12(23)24/h1-2,7,11,22H,3-6,21H2,(H,23,24)/t11-,26?/m0/s1. The predicted molar refractivity (Wildman–Crippen MR) is 81.0 cm³/mol. The van der Waals surface area contributed by atoms with Crippen LogP contribution in [0.15, 0.2) is 18.2 Å². The van der Waals surface area contributed by atoms with Crippen LogP contribution in [-0.2, 0) is 33.3 Å². The molecule has 1 unspecified atom stereocenters. The van der Waals surface area contributed by atoms with Gasteiger partial charge in [0.15, 0.2) is 0 Å². The van der Waals surface area contributed by atoms with Crippen molar-refractivity contribution in [2.75, 3.05) is 11.5 Å². The minimum absolute atomic E-state index is 0.0264. The van der Waals surface area contributed by atoms with Crippen LogP contribution in [-0.4, -0.2) is 32.8 Å². The molecular formula is C14H16F6N2O3S. The Morgan fingerprint density at radius 1 is 1.15 bits per heavy atom. The summed E-state index contributed by atoms with van der Waals surface area (Å²) in [7, 11) is -3.44. The minimum atomic E-state index is -5.05. The van der Waals surface area contributed by atoms with Gasteiger partial charge in [0.2, 0.25) is 0 Å². The Kier molecular flexibility index (Phi) is 6.69. The average Bonchev–Trinajstić information content (AvgIpc) is 2.48. The topological polar surface area (TPSA) is 104 Å². The van der Waals surface area contributed by atoms with Crippen molar-refractivity contribution in [3.05, 3.63) is 34.9 Å². The third-order valence-corrected chi connectivity index (χ3v) is 5.28. The zero-order valence-corrected chi connectivity index (χ0v) is 14.0. The lowest BCUT2D eigenvalue weighted by Crippen LogP contribution is -2.32. The van der Waals surface area contributed by atoms with Crippen LogP contribution in [0.1, 0.15) is 23.1 Å². The van der Waals surface area contributed by atoms with E-state index in [0.717, 1.165) is 0 Å². The fraction of sp³-hybridized carbons (Fsp3) is 0.500. The molecule has 26 heavy (non-hydrogen) atoms. The van der Waals surface area contributed by atoms with Crippen molar-refractivity contribution < 1.29 is 40.5 Å². The van der Waals surface area contributed by atoms with E-state index in [4.69, 9.17) is 15.6 Å². The molecule has 0 aliphatic rings. The van der Waals surface area contributed by atoms with Gasteiger partial charge in [-0.05, 0) is 30.5 Å². The molecule has 2 atom stereocenters. The van der Waals surface area contributed by atoms with Crippen LogP contribution >= 0.6 is 0 Å². The number of rotatable bonds is 7. The van der Waals surface area contributed by atoms with Crippen molar-refractivity contribution in [3.63, 3.8) is 0 Å². The molecule has 0 fully saturated rings. The Bertz CT molecular complexity index is 759. The van der Waals surface area contributed by atoms with Gasteiger partial charge in [0.05, 0.1) is 11.1 Å². The van der Waals surface area contributed by atoms with Crippen LogP contribution in [0.25, 0.3) is 0 Å². The lowest BCUT2D eigenvalue weighted by Gasteiger charge is -2.16. The molecular weight excluding hydrogens is 390 g/mol. The molecule has 0 radical (unpaired) electrons. The molecule has 0 aromatic heterocycles. The van der Waals surface area contributed by atoms with Crippen LogP contribution in [0.4, 0.5) is 26.3 Å². The van der Waals surface area contributed by atoms with Crippen molar-refractivity contribution in [1.82, 2.24) is 0 Å². The number of hydrogen-bond donors (Lipinski definition) is 3. The van der Waals surface area contributed by atoms with Crippen molar-refractivity contribution in [2.24, 2.45) is 5.73 Å². The first-order valence-electron chi connectivity index (χ1n) is 7.13. The Balaban J connectivity index is 2.97. The minimum Gasteiger partial charge on any atom is -0.480 e. The highest BCUT2D eigenvalue weighted by atomic mass is 32.2. The quantitative estimate of drug-likeness (QED) is 0.605. The third-order valence-electron chi connectivity index (χ3n) is 3.52. The summed E-state index contributed by atoms with van der Waals surface area (Å²) in [6.07, 6.45) is -10.9. The first-order valence-corrected chi connectivity index (χ1v) is 9.03. The maximum absolute atomic E-state index is 13.0. The first kappa shape index (κ1) is 22.2. The number of aliphatic carboxylic acids is 1. The summed E-state index contributed by atoms with van der Waals surface area (Å²) in [6, 6.07) is -0.264. The van der Waals surface area contributed by atoms with Gasteiger partial charge in [-0.3, -0.25) is 9.57 Å².